The monoisotopic (exact) mass is 349 g/mol. The average Bonchev–Trinajstić information content (AvgIpc) is 2.88. The van der Waals surface area contributed by atoms with Crippen LogP contribution in [0, 0.1) is 11.8 Å². The highest BCUT2D eigenvalue weighted by atomic mass is 16.6. The fraction of sp³-hybridized carbons (Fsp3) is 0.750. The Morgan fingerprint density at radius 1 is 1.16 bits per heavy atom. The molecule has 0 aromatic carbocycles. The Balaban J connectivity index is 1.85. The number of carbonyl (C=O) groups is 1. The lowest BCUT2D eigenvalue weighted by atomic mass is 9.82. The van der Waals surface area contributed by atoms with Crippen molar-refractivity contribution in [3.63, 3.8) is 0 Å². The van der Waals surface area contributed by atoms with Crippen LogP contribution >= 0.6 is 0 Å². The van der Waals surface area contributed by atoms with Crippen LogP contribution in [0.15, 0.2) is 23.3 Å². The summed E-state index contributed by atoms with van der Waals surface area (Å²) in [5, 5.41) is 21.1. The van der Waals surface area contributed by atoms with Gasteiger partial charge >= 0.3 is 5.97 Å². The van der Waals surface area contributed by atoms with Gasteiger partial charge in [0.05, 0.1) is 18.1 Å². The Hall–Kier alpha value is -1.17. The fourth-order valence-electron chi connectivity index (χ4n) is 4.33. The van der Waals surface area contributed by atoms with E-state index >= 15 is 0 Å². The van der Waals surface area contributed by atoms with Crippen LogP contribution in [0.4, 0.5) is 0 Å². The number of hydrogen-bond donors (Lipinski definition) is 2. The molecule has 5 nitrogen and oxygen atoms in total. The van der Waals surface area contributed by atoms with Gasteiger partial charge in [-0.2, -0.15) is 0 Å². The van der Waals surface area contributed by atoms with Gasteiger partial charge in [-0.1, -0.05) is 18.1 Å². The zero-order valence-corrected chi connectivity index (χ0v) is 15.4. The summed E-state index contributed by atoms with van der Waals surface area (Å²) >= 11 is 0. The largest absolute Gasteiger partial charge is 0.457 e. The smallest absolute Gasteiger partial charge is 0.311 e. The second-order valence-electron chi connectivity index (χ2n) is 7.92. The molecular formula is C20H31NO4. The van der Waals surface area contributed by atoms with Crippen LogP contribution in [0.1, 0.15) is 46.0 Å². The molecule has 0 bridgehead atoms. The molecule has 2 saturated heterocycles. The molecule has 0 saturated carbocycles. The number of rotatable bonds is 2. The molecule has 5 atom stereocenters. The van der Waals surface area contributed by atoms with Crippen LogP contribution in [0.2, 0.25) is 0 Å². The Bertz CT molecular complexity index is 550. The maximum atomic E-state index is 12.6. The molecule has 3 aliphatic rings. The number of aliphatic hydroxyl groups is 2. The number of carbonyl (C=O) groups excluding carboxylic acids is 1. The highest BCUT2D eigenvalue weighted by Crippen LogP contribution is 2.36. The van der Waals surface area contributed by atoms with Crippen LogP contribution in [0.3, 0.4) is 0 Å². The molecule has 1 aliphatic carbocycles. The van der Waals surface area contributed by atoms with E-state index in [1.54, 1.807) is 0 Å². The summed E-state index contributed by atoms with van der Waals surface area (Å²) in [4.78, 5) is 14.9. The number of likely N-dealkylation sites (tertiary alicyclic amines) is 1. The first-order chi connectivity index (χ1) is 12.0. The van der Waals surface area contributed by atoms with E-state index in [0.29, 0.717) is 13.0 Å². The summed E-state index contributed by atoms with van der Waals surface area (Å²) in [6.07, 6.45) is 6.96. The molecule has 0 aromatic heterocycles. The topological polar surface area (TPSA) is 70.0 Å². The van der Waals surface area contributed by atoms with Crippen molar-refractivity contribution in [1.82, 2.24) is 4.90 Å². The highest BCUT2D eigenvalue weighted by Gasteiger charge is 2.47. The van der Waals surface area contributed by atoms with Gasteiger partial charge in [0.15, 0.2) is 0 Å². The van der Waals surface area contributed by atoms with Gasteiger partial charge < -0.3 is 19.8 Å². The minimum Gasteiger partial charge on any atom is -0.457 e. The van der Waals surface area contributed by atoms with Crippen molar-refractivity contribution in [2.75, 3.05) is 19.6 Å². The second-order valence-corrected chi connectivity index (χ2v) is 7.92. The lowest BCUT2D eigenvalue weighted by Crippen LogP contribution is -2.41. The summed E-state index contributed by atoms with van der Waals surface area (Å²) in [6, 6.07) is 0. The molecule has 0 radical (unpaired) electrons. The maximum absolute atomic E-state index is 12.6. The number of fused-ring (bicyclic) bond motifs is 1. The predicted octanol–water partition coefficient (Wildman–Crippen LogP) is 2.04. The molecular weight excluding hydrogens is 318 g/mol. The summed E-state index contributed by atoms with van der Waals surface area (Å²) in [6.45, 7) is 6.53. The third-order valence-electron chi connectivity index (χ3n) is 5.92. The van der Waals surface area contributed by atoms with E-state index in [2.05, 4.69) is 4.90 Å². The number of ether oxygens (including phenoxy) is 1. The van der Waals surface area contributed by atoms with Crippen LogP contribution in [0.5, 0.6) is 0 Å². The van der Waals surface area contributed by atoms with Crippen molar-refractivity contribution < 1.29 is 19.7 Å². The van der Waals surface area contributed by atoms with Crippen molar-refractivity contribution >= 4 is 5.97 Å². The zero-order valence-electron chi connectivity index (χ0n) is 15.4. The van der Waals surface area contributed by atoms with Gasteiger partial charge in [-0.25, -0.2) is 0 Å². The summed E-state index contributed by atoms with van der Waals surface area (Å²) < 4.78 is 5.63. The van der Waals surface area contributed by atoms with E-state index in [1.165, 1.54) is 19.3 Å². The molecule has 0 amide bonds. The Morgan fingerprint density at radius 2 is 1.88 bits per heavy atom. The van der Waals surface area contributed by atoms with E-state index in [9.17, 15) is 15.0 Å². The lowest BCUT2D eigenvalue weighted by molar-refractivity contribution is -0.143. The van der Waals surface area contributed by atoms with Crippen LogP contribution in [-0.4, -0.2) is 59.0 Å². The van der Waals surface area contributed by atoms with Gasteiger partial charge in [-0.3, -0.25) is 4.79 Å². The quantitative estimate of drug-likeness (QED) is 0.590. The number of piperidine rings is 1. The molecule has 2 heterocycles. The summed E-state index contributed by atoms with van der Waals surface area (Å²) in [5.41, 5.74) is 1.87. The Kier molecular flexibility index (Phi) is 5.97. The molecule has 25 heavy (non-hydrogen) atoms. The van der Waals surface area contributed by atoms with Gasteiger partial charge in [0.2, 0.25) is 0 Å². The Morgan fingerprint density at radius 3 is 2.60 bits per heavy atom. The van der Waals surface area contributed by atoms with Crippen LogP contribution < -0.4 is 0 Å². The maximum Gasteiger partial charge on any atom is 0.311 e. The van der Waals surface area contributed by atoms with Crippen LogP contribution in [0.25, 0.3) is 0 Å². The van der Waals surface area contributed by atoms with Crippen molar-refractivity contribution in [3.05, 3.63) is 23.3 Å². The van der Waals surface area contributed by atoms with Gasteiger partial charge in [-0.05, 0) is 64.3 Å². The van der Waals surface area contributed by atoms with E-state index in [-0.39, 0.29) is 17.8 Å². The molecule has 2 aliphatic heterocycles. The SMILES string of the molecule is C/C1=C\[C@@H](O)C2C(CN3CCCCC3)C(=O)O[C@H]2/C=C(\C)[C@@H](O)CC1. The van der Waals surface area contributed by atoms with Crippen molar-refractivity contribution in [3.8, 4) is 0 Å². The average molecular weight is 349 g/mol. The Labute approximate surface area is 150 Å². The number of nitrogens with zero attached hydrogens (tertiary/aromatic N) is 1. The number of allylic oxidation sites excluding steroid dienone is 1. The van der Waals surface area contributed by atoms with E-state index in [0.717, 1.165) is 30.7 Å². The van der Waals surface area contributed by atoms with Crippen LogP contribution in [-0.2, 0) is 9.53 Å². The van der Waals surface area contributed by atoms with Gasteiger partial charge in [0.25, 0.3) is 0 Å². The number of aliphatic hydroxyl groups excluding tert-OH is 2. The molecule has 5 heteroatoms. The molecule has 140 valence electrons. The normalized spacial score (nSPS) is 41.9. The molecule has 0 spiro atoms. The first-order valence-corrected chi connectivity index (χ1v) is 9.60. The third kappa shape index (κ3) is 4.33. The van der Waals surface area contributed by atoms with Gasteiger partial charge in [0.1, 0.15) is 6.10 Å². The second kappa shape index (κ2) is 8.02. The first kappa shape index (κ1) is 18.6. The van der Waals surface area contributed by atoms with E-state index in [1.807, 2.05) is 26.0 Å². The minimum atomic E-state index is -0.703. The van der Waals surface area contributed by atoms with Gasteiger partial charge in [-0.15, -0.1) is 0 Å². The summed E-state index contributed by atoms with van der Waals surface area (Å²) in [5.74, 6) is -0.823. The zero-order chi connectivity index (χ0) is 18.0. The molecule has 0 aromatic rings. The third-order valence-corrected chi connectivity index (χ3v) is 5.92. The minimum absolute atomic E-state index is 0.219. The van der Waals surface area contributed by atoms with E-state index < -0.39 is 18.3 Å². The van der Waals surface area contributed by atoms with Crippen molar-refractivity contribution in [2.45, 2.75) is 64.3 Å². The summed E-state index contributed by atoms with van der Waals surface area (Å²) in [7, 11) is 0. The molecule has 3 rings (SSSR count). The first-order valence-electron chi connectivity index (χ1n) is 9.60. The van der Waals surface area contributed by atoms with E-state index in [4.69, 9.17) is 4.74 Å². The standard InChI is InChI=1S/C20H31NO4/c1-13-6-7-16(22)14(2)11-18-19(17(23)10-13)15(20(24)25-18)12-21-8-4-3-5-9-21/h10-11,15-19,22-23H,3-9,12H2,1-2H3/b13-10+,14-11+/t15?,16-,17+,18-,19?/m0/s1. The number of esters is 1. The predicted molar refractivity (Wildman–Crippen MR) is 95.9 cm³/mol. The fourth-order valence-corrected chi connectivity index (χ4v) is 4.33. The van der Waals surface area contributed by atoms with Crippen molar-refractivity contribution in [2.24, 2.45) is 11.8 Å². The van der Waals surface area contributed by atoms with Crippen molar-refractivity contribution in [1.29, 1.82) is 0 Å². The number of hydrogen-bond acceptors (Lipinski definition) is 5. The lowest BCUT2D eigenvalue weighted by Gasteiger charge is -2.31. The molecule has 2 unspecified atom stereocenters. The van der Waals surface area contributed by atoms with Gasteiger partial charge in [0, 0.05) is 12.5 Å². The molecule has 2 fully saturated rings. The molecule has 2 N–H and O–H groups in total. The highest BCUT2D eigenvalue weighted by molar-refractivity contribution is 5.76.